The third-order valence-electron chi connectivity index (χ3n) is 2.28. The summed E-state index contributed by atoms with van der Waals surface area (Å²) in [7, 11) is -3.74. The van der Waals surface area contributed by atoms with Crippen LogP contribution in [0, 0.1) is 0 Å². The summed E-state index contributed by atoms with van der Waals surface area (Å²) in [6, 6.07) is 5.84. The van der Waals surface area contributed by atoms with Gasteiger partial charge in [0.1, 0.15) is 0 Å². The van der Waals surface area contributed by atoms with Crippen LogP contribution in [-0.4, -0.2) is 19.5 Å². The molecule has 9 heteroatoms. The molecule has 0 atom stereocenters. The number of hydrogen-bond acceptors (Lipinski definition) is 4. The molecular weight excluding hydrogens is 434 g/mol. The van der Waals surface area contributed by atoms with Gasteiger partial charge in [-0.3, -0.25) is 4.72 Å². The topological polar surface area (TPSA) is 83.5 Å². The van der Waals surface area contributed by atoms with Crippen LogP contribution in [0.1, 0.15) is 10.4 Å². The molecule has 1 heterocycles. The second-order valence-corrected chi connectivity index (χ2v) is 8.16. The highest BCUT2D eigenvalue weighted by Crippen LogP contribution is 2.30. The summed E-state index contributed by atoms with van der Waals surface area (Å²) >= 11 is 7.32. The first-order chi connectivity index (χ1) is 9.31. The molecule has 2 aromatic rings. The number of aromatic carboxylic acids is 1. The molecule has 0 spiro atoms. The number of thiophene rings is 1. The first kappa shape index (κ1) is 15.5. The molecule has 0 bridgehead atoms. The van der Waals surface area contributed by atoms with E-state index in [-0.39, 0.29) is 15.5 Å². The average molecular weight is 441 g/mol. The van der Waals surface area contributed by atoms with E-state index in [1.165, 1.54) is 18.2 Å². The Morgan fingerprint density at radius 2 is 1.90 bits per heavy atom. The van der Waals surface area contributed by atoms with E-state index >= 15 is 0 Å². The molecule has 0 aliphatic heterocycles. The van der Waals surface area contributed by atoms with Gasteiger partial charge in [-0.25, -0.2) is 13.2 Å². The zero-order chi connectivity index (χ0) is 14.9. The van der Waals surface area contributed by atoms with Crippen molar-refractivity contribution in [2.45, 2.75) is 4.21 Å². The number of carbonyl (C=O) groups is 1. The summed E-state index contributed by atoms with van der Waals surface area (Å²) in [5.41, 5.74) is 0.168. The summed E-state index contributed by atoms with van der Waals surface area (Å²) in [6.45, 7) is 0. The Morgan fingerprint density at radius 1 is 1.20 bits per heavy atom. The summed E-state index contributed by atoms with van der Waals surface area (Å²) in [5.74, 6) is -1.14. The summed E-state index contributed by atoms with van der Waals surface area (Å²) in [5, 5.41) is 10.6. The molecule has 2 rings (SSSR count). The SMILES string of the molecule is O=C(O)c1cc(NS(=O)(=O)c2sccc2Br)ccc1Br. The largest absolute Gasteiger partial charge is 0.478 e. The number of halogens is 2. The van der Waals surface area contributed by atoms with Gasteiger partial charge in [0, 0.05) is 14.6 Å². The normalized spacial score (nSPS) is 11.3. The molecule has 20 heavy (non-hydrogen) atoms. The van der Waals surface area contributed by atoms with Crippen molar-refractivity contribution in [3.05, 3.63) is 44.2 Å². The van der Waals surface area contributed by atoms with Crippen molar-refractivity contribution in [1.82, 2.24) is 0 Å². The molecule has 0 amide bonds. The van der Waals surface area contributed by atoms with Crippen LogP contribution in [-0.2, 0) is 10.0 Å². The Labute approximate surface area is 135 Å². The molecule has 0 unspecified atom stereocenters. The molecule has 0 fully saturated rings. The van der Waals surface area contributed by atoms with Crippen LogP contribution in [0.15, 0.2) is 42.8 Å². The fourth-order valence-electron chi connectivity index (χ4n) is 1.43. The maximum atomic E-state index is 12.2. The molecule has 0 aliphatic rings. The Balaban J connectivity index is 2.38. The average Bonchev–Trinajstić information content (AvgIpc) is 2.78. The van der Waals surface area contributed by atoms with E-state index in [0.717, 1.165) is 11.3 Å². The van der Waals surface area contributed by atoms with Crippen LogP contribution in [0.3, 0.4) is 0 Å². The van der Waals surface area contributed by atoms with Gasteiger partial charge in [0.15, 0.2) is 4.21 Å². The molecule has 0 radical (unpaired) electrons. The van der Waals surface area contributed by atoms with Crippen LogP contribution >= 0.6 is 43.2 Å². The molecule has 0 saturated carbocycles. The van der Waals surface area contributed by atoms with E-state index in [1.54, 1.807) is 11.4 Å². The molecule has 2 N–H and O–H groups in total. The van der Waals surface area contributed by atoms with E-state index in [0.29, 0.717) is 8.95 Å². The number of anilines is 1. The van der Waals surface area contributed by atoms with Gasteiger partial charge in [0.05, 0.1) is 5.56 Å². The van der Waals surface area contributed by atoms with Gasteiger partial charge in [-0.1, -0.05) is 0 Å². The van der Waals surface area contributed by atoms with Gasteiger partial charge in [-0.2, -0.15) is 0 Å². The van der Waals surface area contributed by atoms with Crippen molar-refractivity contribution in [2.75, 3.05) is 4.72 Å². The van der Waals surface area contributed by atoms with Gasteiger partial charge in [-0.05, 0) is 61.5 Å². The smallest absolute Gasteiger partial charge is 0.336 e. The number of carboxylic acids is 1. The maximum Gasteiger partial charge on any atom is 0.336 e. The number of rotatable bonds is 4. The van der Waals surface area contributed by atoms with Crippen LogP contribution in [0.5, 0.6) is 0 Å². The molecular formula is C11H7Br2NO4S2. The molecule has 5 nitrogen and oxygen atoms in total. The minimum atomic E-state index is -3.74. The molecule has 0 saturated heterocycles. The second-order valence-electron chi connectivity index (χ2n) is 3.66. The molecule has 106 valence electrons. The highest BCUT2D eigenvalue weighted by molar-refractivity contribution is 9.10. The maximum absolute atomic E-state index is 12.2. The van der Waals surface area contributed by atoms with Crippen molar-refractivity contribution < 1.29 is 18.3 Å². The van der Waals surface area contributed by atoms with E-state index in [9.17, 15) is 13.2 Å². The first-order valence-electron chi connectivity index (χ1n) is 5.10. The minimum absolute atomic E-state index is 0.0181. The Kier molecular flexibility index (Phi) is 4.52. The Bertz CT molecular complexity index is 770. The van der Waals surface area contributed by atoms with Crippen molar-refractivity contribution in [3.8, 4) is 0 Å². The van der Waals surface area contributed by atoms with Crippen molar-refractivity contribution in [3.63, 3.8) is 0 Å². The number of carboxylic acid groups (broad SMARTS) is 1. The van der Waals surface area contributed by atoms with E-state index in [2.05, 4.69) is 36.6 Å². The van der Waals surface area contributed by atoms with Gasteiger partial charge in [0.2, 0.25) is 0 Å². The predicted molar refractivity (Wildman–Crippen MR) is 83.9 cm³/mol. The lowest BCUT2D eigenvalue weighted by atomic mass is 10.2. The minimum Gasteiger partial charge on any atom is -0.478 e. The van der Waals surface area contributed by atoms with Gasteiger partial charge >= 0.3 is 5.97 Å². The van der Waals surface area contributed by atoms with Gasteiger partial charge < -0.3 is 5.11 Å². The number of benzene rings is 1. The summed E-state index contributed by atoms with van der Waals surface area (Å²) < 4.78 is 27.7. The zero-order valence-corrected chi connectivity index (χ0v) is 14.4. The van der Waals surface area contributed by atoms with Crippen LogP contribution in [0.25, 0.3) is 0 Å². The lowest BCUT2D eigenvalue weighted by Gasteiger charge is -2.08. The highest BCUT2D eigenvalue weighted by atomic mass is 79.9. The lowest BCUT2D eigenvalue weighted by molar-refractivity contribution is 0.0696. The predicted octanol–water partition coefficient (Wildman–Crippen LogP) is 3.77. The standard InChI is InChI=1S/C11H7Br2NO4S2/c12-8-2-1-6(5-7(8)10(15)16)14-20(17,18)11-9(13)3-4-19-11/h1-5,14H,(H,15,16). The summed E-state index contributed by atoms with van der Waals surface area (Å²) in [4.78, 5) is 11.0. The van der Waals surface area contributed by atoms with Gasteiger partial charge in [0.25, 0.3) is 10.0 Å². The molecule has 0 aliphatic carbocycles. The second kappa shape index (κ2) is 5.84. The fraction of sp³-hybridized carbons (Fsp3) is 0. The quantitative estimate of drug-likeness (QED) is 0.757. The fourth-order valence-corrected chi connectivity index (χ4v) is 5.23. The third-order valence-corrected chi connectivity index (χ3v) is 7.02. The monoisotopic (exact) mass is 439 g/mol. The summed E-state index contributed by atoms with van der Waals surface area (Å²) in [6.07, 6.45) is 0. The number of nitrogens with one attached hydrogen (secondary N) is 1. The lowest BCUT2D eigenvalue weighted by Crippen LogP contribution is -2.12. The van der Waals surface area contributed by atoms with Crippen molar-refractivity contribution >= 4 is 64.9 Å². The van der Waals surface area contributed by atoms with Crippen molar-refractivity contribution in [2.24, 2.45) is 0 Å². The number of sulfonamides is 1. The Hall–Kier alpha value is -0.900. The zero-order valence-electron chi connectivity index (χ0n) is 9.63. The number of hydrogen-bond donors (Lipinski definition) is 2. The van der Waals surface area contributed by atoms with Crippen LogP contribution in [0.2, 0.25) is 0 Å². The third kappa shape index (κ3) is 3.22. The first-order valence-corrected chi connectivity index (χ1v) is 9.05. The molecule has 1 aromatic carbocycles. The molecule has 1 aromatic heterocycles. The van der Waals surface area contributed by atoms with E-state index in [4.69, 9.17) is 5.11 Å². The van der Waals surface area contributed by atoms with Crippen LogP contribution < -0.4 is 4.72 Å². The van der Waals surface area contributed by atoms with E-state index < -0.39 is 16.0 Å². The van der Waals surface area contributed by atoms with E-state index in [1.807, 2.05) is 0 Å². The van der Waals surface area contributed by atoms with Gasteiger partial charge in [-0.15, -0.1) is 11.3 Å². The highest BCUT2D eigenvalue weighted by Gasteiger charge is 2.20. The van der Waals surface area contributed by atoms with Crippen molar-refractivity contribution in [1.29, 1.82) is 0 Å². The Morgan fingerprint density at radius 3 is 2.45 bits per heavy atom. The van der Waals surface area contributed by atoms with Crippen LogP contribution in [0.4, 0.5) is 5.69 Å².